The normalized spacial score (nSPS) is 10.8. The van der Waals surface area contributed by atoms with Crippen molar-refractivity contribution in [2.24, 2.45) is 0 Å². The van der Waals surface area contributed by atoms with Crippen LogP contribution >= 0.6 is 0 Å². The number of aromatic amines is 1. The number of H-pyrrole nitrogens is 1. The molecular formula is C17H12N4O3S. The van der Waals surface area contributed by atoms with E-state index in [0.29, 0.717) is 11.3 Å². The highest BCUT2D eigenvalue weighted by atomic mass is 32.2. The van der Waals surface area contributed by atoms with E-state index in [1.165, 1.54) is 24.4 Å². The zero-order valence-electron chi connectivity index (χ0n) is 12.8. The predicted octanol–water partition coefficient (Wildman–Crippen LogP) is 2.11. The lowest BCUT2D eigenvalue weighted by molar-refractivity contribution is 0.601. The molecule has 0 aliphatic heterocycles. The minimum absolute atomic E-state index is 0.0162. The second-order valence-electron chi connectivity index (χ2n) is 5.07. The van der Waals surface area contributed by atoms with Crippen molar-refractivity contribution in [3.8, 4) is 17.3 Å². The van der Waals surface area contributed by atoms with E-state index in [1.807, 2.05) is 0 Å². The maximum absolute atomic E-state index is 12.3. The maximum Gasteiger partial charge on any atom is 0.266 e. The zero-order valence-corrected chi connectivity index (χ0v) is 13.6. The number of nitrogens with one attached hydrogen (secondary N) is 2. The first-order chi connectivity index (χ1) is 12.0. The van der Waals surface area contributed by atoms with Crippen LogP contribution in [0.2, 0.25) is 0 Å². The fourth-order valence-corrected chi connectivity index (χ4v) is 3.17. The number of nitriles is 1. The molecule has 1 aromatic carbocycles. The third-order valence-corrected chi connectivity index (χ3v) is 4.78. The van der Waals surface area contributed by atoms with Crippen molar-refractivity contribution in [1.29, 1.82) is 5.26 Å². The van der Waals surface area contributed by atoms with E-state index < -0.39 is 15.6 Å². The van der Waals surface area contributed by atoms with Crippen LogP contribution in [0.5, 0.6) is 0 Å². The standard InChI is InChI=1S/C17H12N4O3S/c18-11-13-6-9-15(20-17(13)22)12-4-7-14(8-5-12)25(23,24)21-16-3-1-2-10-19-16/h1-10H,(H,19,21)(H,20,22). The Labute approximate surface area is 143 Å². The molecule has 0 unspecified atom stereocenters. The molecule has 8 heteroatoms. The van der Waals surface area contributed by atoms with Gasteiger partial charge in [0.15, 0.2) is 0 Å². The van der Waals surface area contributed by atoms with Crippen molar-refractivity contribution in [2.45, 2.75) is 4.90 Å². The first kappa shape index (κ1) is 16.4. The lowest BCUT2D eigenvalue weighted by atomic mass is 10.1. The lowest BCUT2D eigenvalue weighted by Gasteiger charge is -2.08. The molecule has 0 bridgehead atoms. The van der Waals surface area contributed by atoms with Crippen LogP contribution in [0.25, 0.3) is 11.3 Å². The maximum atomic E-state index is 12.3. The number of anilines is 1. The molecule has 2 heterocycles. The van der Waals surface area contributed by atoms with Crippen LogP contribution in [-0.2, 0) is 10.0 Å². The first-order valence-electron chi connectivity index (χ1n) is 7.17. The third-order valence-electron chi connectivity index (χ3n) is 3.41. The molecule has 25 heavy (non-hydrogen) atoms. The number of aromatic nitrogens is 2. The van der Waals surface area contributed by atoms with Crippen LogP contribution in [-0.4, -0.2) is 18.4 Å². The number of sulfonamides is 1. The molecule has 3 aromatic rings. The summed E-state index contributed by atoms with van der Waals surface area (Å²) < 4.78 is 27.1. The molecule has 7 nitrogen and oxygen atoms in total. The summed E-state index contributed by atoms with van der Waals surface area (Å²) in [6.07, 6.45) is 1.49. The molecule has 3 rings (SSSR count). The third kappa shape index (κ3) is 3.57. The molecule has 124 valence electrons. The van der Waals surface area contributed by atoms with E-state index in [1.54, 1.807) is 42.5 Å². The van der Waals surface area contributed by atoms with Gasteiger partial charge >= 0.3 is 0 Å². The van der Waals surface area contributed by atoms with Crippen molar-refractivity contribution < 1.29 is 8.42 Å². The average molecular weight is 352 g/mol. The van der Waals surface area contributed by atoms with Crippen molar-refractivity contribution in [3.05, 3.63) is 76.7 Å². The van der Waals surface area contributed by atoms with Gasteiger partial charge in [0.1, 0.15) is 17.5 Å². The van der Waals surface area contributed by atoms with E-state index in [2.05, 4.69) is 14.7 Å². The van der Waals surface area contributed by atoms with Crippen molar-refractivity contribution >= 4 is 15.8 Å². The van der Waals surface area contributed by atoms with E-state index in [4.69, 9.17) is 5.26 Å². The van der Waals surface area contributed by atoms with E-state index >= 15 is 0 Å². The van der Waals surface area contributed by atoms with Gasteiger partial charge in [0.05, 0.1) is 4.90 Å². The Bertz CT molecular complexity index is 1100. The molecule has 0 amide bonds. The van der Waals surface area contributed by atoms with Gasteiger partial charge in [-0.05, 0) is 42.0 Å². The van der Waals surface area contributed by atoms with Crippen LogP contribution in [0.4, 0.5) is 5.82 Å². The van der Waals surface area contributed by atoms with Gasteiger partial charge in [-0.2, -0.15) is 5.26 Å². The Hall–Kier alpha value is -3.44. The number of rotatable bonds is 4. The summed E-state index contributed by atoms with van der Waals surface area (Å²) in [5.41, 5.74) is 0.639. The summed E-state index contributed by atoms with van der Waals surface area (Å²) in [4.78, 5) is 18.3. The molecule has 0 aliphatic carbocycles. The van der Waals surface area contributed by atoms with Crippen molar-refractivity contribution in [1.82, 2.24) is 9.97 Å². The Morgan fingerprint density at radius 3 is 2.40 bits per heavy atom. The summed E-state index contributed by atoms with van der Waals surface area (Å²) in [6.45, 7) is 0. The molecule has 0 fully saturated rings. The summed E-state index contributed by atoms with van der Waals surface area (Å²) in [5.74, 6) is 0.225. The fraction of sp³-hybridized carbons (Fsp3) is 0. The van der Waals surface area contributed by atoms with Crippen LogP contribution in [0.3, 0.4) is 0 Å². The largest absolute Gasteiger partial charge is 0.321 e. The van der Waals surface area contributed by atoms with Gasteiger partial charge in [0, 0.05) is 11.9 Å². The SMILES string of the molecule is N#Cc1ccc(-c2ccc(S(=O)(=O)Nc3ccccn3)cc2)[nH]c1=O. The number of pyridine rings is 2. The Morgan fingerprint density at radius 2 is 1.80 bits per heavy atom. The molecule has 2 aromatic heterocycles. The van der Waals surface area contributed by atoms with Crippen molar-refractivity contribution in [2.75, 3.05) is 4.72 Å². The lowest BCUT2D eigenvalue weighted by Crippen LogP contribution is -2.13. The highest BCUT2D eigenvalue weighted by Crippen LogP contribution is 2.20. The summed E-state index contributed by atoms with van der Waals surface area (Å²) in [7, 11) is -3.76. The Morgan fingerprint density at radius 1 is 1.04 bits per heavy atom. The van der Waals surface area contributed by atoms with Gasteiger partial charge in [-0.15, -0.1) is 0 Å². The molecule has 0 atom stereocenters. The highest BCUT2D eigenvalue weighted by Gasteiger charge is 2.15. The van der Waals surface area contributed by atoms with Gasteiger partial charge in [0.2, 0.25) is 0 Å². The quantitative estimate of drug-likeness (QED) is 0.746. The van der Waals surface area contributed by atoms with E-state index in [-0.39, 0.29) is 16.3 Å². The summed E-state index contributed by atoms with van der Waals surface area (Å²) in [6, 6.07) is 15.7. The van der Waals surface area contributed by atoms with Crippen LogP contribution in [0.15, 0.2) is 70.5 Å². The highest BCUT2D eigenvalue weighted by molar-refractivity contribution is 7.92. The Balaban J connectivity index is 1.88. The van der Waals surface area contributed by atoms with Gasteiger partial charge < -0.3 is 4.98 Å². The predicted molar refractivity (Wildman–Crippen MR) is 92.3 cm³/mol. The molecular weight excluding hydrogens is 340 g/mol. The minimum Gasteiger partial charge on any atom is -0.321 e. The molecule has 0 radical (unpaired) electrons. The van der Waals surface area contributed by atoms with Gasteiger partial charge in [-0.3, -0.25) is 9.52 Å². The molecule has 0 saturated heterocycles. The van der Waals surface area contributed by atoms with E-state index in [0.717, 1.165) is 0 Å². The number of benzene rings is 1. The molecule has 2 N–H and O–H groups in total. The monoisotopic (exact) mass is 352 g/mol. The summed E-state index contributed by atoms with van der Waals surface area (Å²) >= 11 is 0. The minimum atomic E-state index is -3.76. The van der Waals surface area contributed by atoms with Crippen LogP contribution in [0.1, 0.15) is 5.56 Å². The van der Waals surface area contributed by atoms with Crippen molar-refractivity contribution in [3.63, 3.8) is 0 Å². The summed E-state index contributed by atoms with van der Waals surface area (Å²) in [5, 5.41) is 8.78. The van der Waals surface area contributed by atoms with E-state index in [9.17, 15) is 13.2 Å². The molecule has 0 aliphatic rings. The second kappa shape index (κ2) is 6.59. The van der Waals surface area contributed by atoms with Gasteiger partial charge in [-0.25, -0.2) is 13.4 Å². The molecule has 0 spiro atoms. The number of hydrogen-bond donors (Lipinski definition) is 2. The Kier molecular flexibility index (Phi) is 4.33. The van der Waals surface area contributed by atoms with Gasteiger partial charge in [-0.1, -0.05) is 18.2 Å². The number of nitrogens with zero attached hydrogens (tertiary/aromatic N) is 2. The van der Waals surface area contributed by atoms with Crippen LogP contribution in [0, 0.1) is 11.3 Å². The average Bonchev–Trinajstić information content (AvgIpc) is 2.62. The zero-order chi connectivity index (χ0) is 17.9. The number of hydrogen-bond acceptors (Lipinski definition) is 5. The fourth-order valence-electron chi connectivity index (χ4n) is 2.16. The van der Waals surface area contributed by atoms with Crippen LogP contribution < -0.4 is 10.3 Å². The topological polar surface area (TPSA) is 116 Å². The van der Waals surface area contributed by atoms with Gasteiger partial charge in [0.25, 0.3) is 15.6 Å². The smallest absolute Gasteiger partial charge is 0.266 e. The second-order valence-corrected chi connectivity index (χ2v) is 6.75. The first-order valence-corrected chi connectivity index (χ1v) is 8.66. The molecule has 0 saturated carbocycles.